The number of thioether (sulfide) groups is 1. The Balaban J connectivity index is 1.07. The van der Waals surface area contributed by atoms with E-state index in [1.54, 1.807) is 33.7 Å². The number of hydrogen-bond acceptors (Lipinski definition) is 7. The molecule has 2 amide bonds. The molecule has 2 heterocycles. The van der Waals surface area contributed by atoms with Crippen LogP contribution in [-0.4, -0.2) is 85.2 Å². The number of carbonyl (C=O) groups excluding carboxylic acids is 2. The van der Waals surface area contributed by atoms with E-state index in [-0.39, 0.29) is 23.6 Å². The summed E-state index contributed by atoms with van der Waals surface area (Å²) in [5.74, 6) is 1.77. The highest BCUT2D eigenvalue weighted by Crippen LogP contribution is 2.27. The molecule has 0 radical (unpaired) electrons. The van der Waals surface area contributed by atoms with Crippen molar-refractivity contribution in [2.45, 2.75) is 49.3 Å². The number of sulfonamides is 1. The molecule has 2 saturated heterocycles. The second-order valence-corrected chi connectivity index (χ2v) is 14.0. The summed E-state index contributed by atoms with van der Waals surface area (Å²) in [4.78, 5) is 29.4. The number of aliphatic hydroxyl groups excluding tert-OH is 1. The molecule has 2 aliphatic heterocycles. The van der Waals surface area contributed by atoms with Crippen molar-refractivity contribution >= 4 is 44.6 Å². The van der Waals surface area contributed by atoms with Crippen molar-refractivity contribution in [1.29, 1.82) is 0 Å². The van der Waals surface area contributed by atoms with Crippen LogP contribution in [-0.2, 0) is 26.2 Å². The first kappa shape index (κ1) is 31.3. The molecule has 2 atom stereocenters. The molecule has 0 aliphatic carbocycles. The SMILES string of the molecule is O=C(OCc1ccccc1)N1CCC(CSC[C@@H]2CCCN2C(=O)[C@@H](CO)NS(=O)(=O)c2ccc3ccccc3c2)CC1. The topological polar surface area (TPSA) is 116 Å². The largest absolute Gasteiger partial charge is 0.445 e. The van der Waals surface area contributed by atoms with Gasteiger partial charge in [0.05, 0.1) is 11.5 Å². The molecule has 230 valence electrons. The Morgan fingerprint density at radius 1 is 0.930 bits per heavy atom. The average Bonchev–Trinajstić information content (AvgIpc) is 3.51. The molecule has 0 aromatic heterocycles. The number of carbonyl (C=O) groups is 2. The molecule has 0 unspecified atom stereocenters. The van der Waals surface area contributed by atoms with Crippen LogP contribution < -0.4 is 4.72 Å². The zero-order valence-corrected chi connectivity index (χ0v) is 25.8. The van der Waals surface area contributed by atoms with Crippen molar-refractivity contribution < 1.29 is 27.9 Å². The number of nitrogens with zero attached hydrogens (tertiary/aromatic N) is 2. The van der Waals surface area contributed by atoms with Crippen LogP contribution in [0.15, 0.2) is 77.7 Å². The van der Waals surface area contributed by atoms with Crippen molar-refractivity contribution in [3.05, 3.63) is 78.4 Å². The lowest BCUT2D eigenvalue weighted by molar-refractivity contribution is -0.134. The van der Waals surface area contributed by atoms with Crippen molar-refractivity contribution in [3.8, 4) is 0 Å². The summed E-state index contributed by atoms with van der Waals surface area (Å²) in [7, 11) is -4.01. The second kappa shape index (κ2) is 14.6. The minimum atomic E-state index is -4.01. The number of ether oxygens (including phenoxy) is 1. The third kappa shape index (κ3) is 8.08. The molecule has 3 aromatic carbocycles. The first-order valence-electron chi connectivity index (χ1n) is 14.8. The van der Waals surface area contributed by atoms with Gasteiger partial charge in [-0.05, 0) is 65.8 Å². The molecule has 3 aromatic rings. The molecule has 5 rings (SSSR count). The fourth-order valence-electron chi connectivity index (χ4n) is 5.72. The van der Waals surface area contributed by atoms with Crippen molar-refractivity contribution in [1.82, 2.24) is 14.5 Å². The fourth-order valence-corrected chi connectivity index (χ4v) is 8.36. The molecule has 0 bridgehead atoms. The Morgan fingerprint density at radius 2 is 1.65 bits per heavy atom. The minimum Gasteiger partial charge on any atom is -0.445 e. The number of amides is 2. The van der Waals surface area contributed by atoms with Crippen molar-refractivity contribution in [2.75, 3.05) is 37.7 Å². The summed E-state index contributed by atoms with van der Waals surface area (Å²) in [5.41, 5.74) is 0.967. The maximum Gasteiger partial charge on any atom is 0.410 e. The summed E-state index contributed by atoms with van der Waals surface area (Å²) in [6.07, 6.45) is 3.23. The van der Waals surface area contributed by atoms with E-state index in [2.05, 4.69) is 4.72 Å². The highest BCUT2D eigenvalue weighted by atomic mass is 32.2. The fraction of sp³-hybridized carbons (Fsp3) is 0.438. The molecular formula is C32H39N3O6S2. The number of piperidine rings is 1. The van der Waals surface area contributed by atoms with Gasteiger partial charge < -0.3 is 19.6 Å². The summed E-state index contributed by atoms with van der Waals surface area (Å²) in [5, 5.41) is 11.7. The maximum atomic E-state index is 13.4. The van der Waals surface area contributed by atoms with Gasteiger partial charge in [0, 0.05) is 31.4 Å². The van der Waals surface area contributed by atoms with E-state index in [0.29, 0.717) is 25.6 Å². The van der Waals surface area contributed by atoms with E-state index >= 15 is 0 Å². The number of rotatable bonds is 11. The Bertz CT molecular complexity index is 1500. The third-order valence-electron chi connectivity index (χ3n) is 8.21. The first-order chi connectivity index (χ1) is 20.8. The van der Waals surface area contributed by atoms with E-state index < -0.39 is 28.6 Å². The van der Waals surface area contributed by atoms with Crippen LogP contribution in [0, 0.1) is 5.92 Å². The van der Waals surface area contributed by atoms with Gasteiger partial charge in [0.1, 0.15) is 12.6 Å². The van der Waals surface area contributed by atoms with Crippen LogP contribution in [0.3, 0.4) is 0 Å². The highest BCUT2D eigenvalue weighted by Gasteiger charge is 2.35. The van der Waals surface area contributed by atoms with E-state index in [1.165, 1.54) is 6.07 Å². The molecule has 2 fully saturated rings. The van der Waals surface area contributed by atoms with Crippen LogP contribution in [0.2, 0.25) is 0 Å². The first-order valence-corrected chi connectivity index (χ1v) is 17.4. The van der Waals surface area contributed by atoms with Gasteiger partial charge in [-0.1, -0.05) is 60.7 Å². The Hall–Kier alpha value is -3.12. The smallest absolute Gasteiger partial charge is 0.410 e. The molecule has 2 aliphatic rings. The summed E-state index contributed by atoms with van der Waals surface area (Å²) in [6, 6.07) is 20.7. The number of fused-ring (bicyclic) bond motifs is 1. The van der Waals surface area contributed by atoms with Gasteiger partial charge in [0.25, 0.3) is 0 Å². The molecule has 11 heteroatoms. The number of likely N-dealkylation sites (tertiary alicyclic amines) is 2. The number of benzene rings is 3. The lowest BCUT2D eigenvalue weighted by Crippen LogP contribution is -2.52. The third-order valence-corrected chi connectivity index (χ3v) is 11.0. The van der Waals surface area contributed by atoms with Crippen molar-refractivity contribution in [2.24, 2.45) is 5.92 Å². The average molecular weight is 626 g/mol. The van der Waals surface area contributed by atoms with E-state index in [0.717, 1.165) is 53.5 Å². The van der Waals surface area contributed by atoms with E-state index in [9.17, 15) is 23.1 Å². The van der Waals surface area contributed by atoms with Crippen LogP contribution in [0.5, 0.6) is 0 Å². The van der Waals surface area contributed by atoms with Crippen LogP contribution in [0.25, 0.3) is 10.8 Å². The summed E-state index contributed by atoms with van der Waals surface area (Å²) in [6.45, 7) is 1.54. The second-order valence-electron chi connectivity index (χ2n) is 11.2. The zero-order chi connectivity index (χ0) is 30.2. The summed E-state index contributed by atoms with van der Waals surface area (Å²) < 4.78 is 34.2. The highest BCUT2D eigenvalue weighted by molar-refractivity contribution is 7.99. The van der Waals surface area contributed by atoms with Gasteiger partial charge in [-0.3, -0.25) is 4.79 Å². The quantitative estimate of drug-likeness (QED) is 0.327. The predicted octanol–water partition coefficient (Wildman–Crippen LogP) is 4.25. The minimum absolute atomic E-state index is 0.00947. The Kier molecular flexibility index (Phi) is 10.6. The maximum absolute atomic E-state index is 13.4. The number of hydrogen-bond donors (Lipinski definition) is 2. The molecule has 0 saturated carbocycles. The normalized spacial score (nSPS) is 18.6. The van der Waals surface area contributed by atoms with E-state index in [4.69, 9.17) is 4.74 Å². The van der Waals surface area contributed by atoms with Gasteiger partial charge in [0.15, 0.2) is 0 Å². The standard InChI is InChI=1S/C32H39N3O6S2/c36-20-30(33-43(39,40)29-13-12-26-9-4-5-10-27(26)19-29)31(37)35-16-6-11-28(35)23-42-22-25-14-17-34(18-15-25)32(38)41-21-24-7-2-1-3-8-24/h1-5,7-10,12-13,19,25,28,30,33,36H,6,11,14-18,20-23H2/t28-,30+/m0/s1. The molecule has 2 N–H and O–H groups in total. The predicted molar refractivity (Wildman–Crippen MR) is 168 cm³/mol. The lowest BCUT2D eigenvalue weighted by atomic mass is 9.99. The number of aliphatic hydroxyl groups is 1. The summed E-state index contributed by atoms with van der Waals surface area (Å²) >= 11 is 1.80. The Morgan fingerprint density at radius 3 is 2.40 bits per heavy atom. The Labute approximate surface area is 257 Å². The lowest BCUT2D eigenvalue weighted by Gasteiger charge is -2.32. The van der Waals surface area contributed by atoms with Crippen LogP contribution in [0.4, 0.5) is 4.79 Å². The molecule has 43 heavy (non-hydrogen) atoms. The van der Waals surface area contributed by atoms with Gasteiger partial charge in [0.2, 0.25) is 15.9 Å². The van der Waals surface area contributed by atoms with Crippen LogP contribution in [0.1, 0.15) is 31.2 Å². The van der Waals surface area contributed by atoms with Gasteiger partial charge in [-0.2, -0.15) is 16.5 Å². The zero-order valence-electron chi connectivity index (χ0n) is 24.1. The van der Waals surface area contributed by atoms with Crippen LogP contribution >= 0.6 is 11.8 Å². The molecular weight excluding hydrogens is 587 g/mol. The molecule has 9 nitrogen and oxygen atoms in total. The van der Waals surface area contributed by atoms with Gasteiger partial charge in [-0.25, -0.2) is 13.2 Å². The number of nitrogens with one attached hydrogen (secondary N) is 1. The van der Waals surface area contributed by atoms with Crippen molar-refractivity contribution in [3.63, 3.8) is 0 Å². The van der Waals surface area contributed by atoms with E-state index in [1.807, 2.05) is 54.6 Å². The monoisotopic (exact) mass is 625 g/mol. The van der Waals surface area contributed by atoms with Gasteiger partial charge in [-0.15, -0.1) is 0 Å². The van der Waals surface area contributed by atoms with Gasteiger partial charge >= 0.3 is 6.09 Å². The molecule has 0 spiro atoms.